The van der Waals surface area contributed by atoms with Crippen LogP contribution in [-0.2, 0) is 9.84 Å². The zero-order valence-corrected chi connectivity index (χ0v) is 10.7. The zero-order valence-electron chi connectivity index (χ0n) is 9.92. The largest absolute Gasteiger partial charge is 0.384 e. The van der Waals surface area contributed by atoms with E-state index >= 15 is 0 Å². The summed E-state index contributed by atoms with van der Waals surface area (Å²) in [6.45, 7) is 0. The maximum absolute atomic E-state index is 11.1. The number of nitrogen functional groups attached to an aromatic ring is 1. The molecule has 0 saturated carbocycles. The Morgan fingerprint density at radius 3 is 2.78 bits per heavy atom. The molecule has 0 saturated heterocycles. The van der Waals surface area contributed by atoms with Crippen LogP contribution in [0.25, 0.3) is 11.2 Å². The molecular formula is C10H15N5O2S. The molecule has 0 aliphatic heterocycles. The molecule has 0 bridgehead atoms. The van der Waals surface area contributed by atoms with Gasteiger partial charge in [0.25, 0.3) is 0 Å². The lowest BCUT2D eigenvalue weighted by Crippen LogP contribution is -2.16. The number of imidazole rings is 1. The summed E-state index contributed by atoms with van der Waals surface area (Å²) in [6.07, 6.45) is 1.49. The van der Waals surface area contributed by atoms with Crippen LogP contribution in [0.2, 0.25) is 0 Å². The summed E-state index contributed by atoms with van der Waals surface area (Å²) in [5.41, 5.74) is 12.7. The third kappa shape index (κ3) is 2.96. The van der Waals surface area contributed by atoms with E-state index in [0.29, 0.717) is 23.7 Å². The normalized spacial score (nSPS) is 13.9. The Balaban J connectivity index is 2.20. The van der Waals surface area contributed by atoms with E-state index in [1.807, 2.05) is 0 Å². The van der Waals surface area contributed by atoms with Crippen LogP contribution in [0.3, 0.4) is 0 Å². The smallest absolute Gasteiger partial charge is 0.179 e. The fourth-order valence-corrected chi connectivity index (χ4v) is 2.26. The molecule has 2 aromatic rings. The minimum absolute atomic E-state index is 0.0286. The van der Waals surface area contributed by atoms with Gasteiger partial charge in [-0.2, -0.15) is 0 Å². The second-order valence-corrected chi connectivity index (χ2v) is 6.51. The summed E-state index contributed by atoms with van der Waals surface area (Å²) in [7, 11) is -3.02. The molecule has 18 heavy (non-hydrogen) atoms. The molecule has 0 aliphatic carbocycles. The number of nitrogens with zero attached hydrogens (tertiary/aromatic N) is 2. The Morgan fingerprint density at radius 1 is 1.39 bits per heavy atom. The number of nitrogens with one attached hydrogen (secondary N) is 1. The Labute approximate surface area is 105 Å². The molecule has 2 aromatic heterocycles. The van der Waals surface area contributed by atoms with Gasteiger partial charge in [0.1, 0.15) is 21.5 Å². The summed E-state index contributed by atoms with van der Waals surface area (Å²) in [6, 6.07) is 2.96. The molecule has 2 heterocycles. The molecule has 0 aromatic carbocycles. The molecule has 0 aliphatic rings. The maximum Gasteiger partial charge on any atom is 0.179 e. The van der Waals surface area contributed by atoms with Crippen LogP contribution < -0.4 is 11.5 Å². The summed E-state index contributed by atoms with van der Waals surface area (Å²) in [5, 5.41) is 0. The average molecular weight is 269 g/mol. The molecule has 0 spiro atoms. The van der Waals surface area contributed by atoms with Crippen molar-refractivity contribution in [3.8, 4) is 0 Å². The molecule has 0 fully saturated rings. The van der Waals surface area contributed by atoms with Gasteiger partial charge >= 0.3 is 0 Å². The van der Waals surface area contributed by atoms with Gasteiger partial charge in [0.2, 0.25) is 0 Å². The lowest BCUT2D eigenvalue weighted by Gasteiger charge is -2.06. The predicted molar refractivity (Wildman–Crippen MR) is 69.6 cm³/mol. The minimum Gasteiger partial charge on any atom is -0.384 e. The van der Waals surface area contributed by atoms with Crippen LogP contribution in [0.15, 0.2) is 12.1 Å². The van der Waals surface area contributed by atoms with Crippen molar-refractivity contribution in [2.75, 3.05) is 17.7 Å². The number of anilines is 1. The molecule has 0 radical (unpaired) electrons. The highest BCUT2D eigenvalue weighted by molar-refractivity contribution is 7.90. The predicted octanol–water partition coefficient (Wildman–Crippen LogP) is -0.0254. The number of nitrogens with two attached hydrogens (primary N) is 2. The number of pyridine rings is 1. The molecule has 2 rings (SSSR count). The number of hydrogen-bond acceptors (Lipinski definition) is 6. The van der Waals surface area contributed by atoms with Crippen LogP contribution >= 0.6 is 0 Å². The third-order valence-corrected chi connectivity index (χ3v) is 3.51. The fourth-order valence-electron chi connectivity index (χ4n) is 1.58. The first-order chi connectivity index (χ1) is 8.35. The number of aromatic nitrogens is 3. The maximum atomic E-state index is 11.1. The Hall–Kier alpha value is -1.67. The fraction of sp³-hybridized carbons (Fsp3) is 0.400. The number of H-pyrrole nitrogens is 1. The SMILES string of the molecule is CS(=O)(=O)CCC(N)c1nc2nc(N)ccc2[nH]1. The van der Waals surface area contributed by atoms with Gasteiger partial charge in [0.05, 0.1) is 17.3 Å². The van der Waals surface area contributed by atoms with Crippen molar-refractivity contribution in [1.82, 2.24) is 15.0 Å². The zero-order chi connectivity index (χ0) is 13.3. The van der Waals surface area contributed by atoms with Gasteiger partial charge in [-0.05, 0) is 18.6 Å². The number of hydrogen-bond donors (Lipinski definition) is 3. The van der Waals surface area contributed by atoms with Gasteiger partial charge in [0, 0.05) is 6.26 Å². The van der Waals surface area contributed by atoms with Crippen LogP contribution in [0.5, 0.6) is 0 Å². The Kier molecular flexibility index (Phi) is 3.22. The second-order valence-electron chi connectivity index (χ2n) is 4.25. The van der Waals surface area contributed by atoms with E-state index in [-0.39, 0.29) is 5.75 Å². The number of sulfone groups is 1. The van der Waals surface area contributed by atoms with Crippen molar-refractivity contribution >= 4 is 26.8 Å². The molecule has 1 unspecified atom stereocenters. The Bertz CT molecular complexity index is 664. The highest BCUT2D eigenvalue weighted by Gasteiger charge is 2.14. The number of fused-ring (bicyclic) bond motifs is 1. The molecule has 0 amide bonds. The second kappa shape index (κ2) is 4.54. The van der Waals surface area contributed by atoms with Gasteiger partial charge < -0.3 is 16.5 Å². The van der Waals surface area contributed by atoms with Crippen LogP contribution in [0.1, 0.15) is 18.3 Å². The first-order valence-corrected chi connectivity index (χ1v) is 7.46. The van der Waals surface area contributed by atoms with E-state index < -0.39 is 15.9 Å². The van der Waals surface area contributed by atoms with Crippen molar-refractivity contribution in [3.05, 3.63) is 18.0 Å². The summed E-state index contributed by atoms with van der Waals surface area (Å²) >= 11 is 0. The van der Waals surface area contributed by atoms with Crippen molar-refractivity contribution in [3.63, 3.8) is 0 Å². The monoisotopic (exact) mass is 269 g/mol. The molecule has 8 heteroatoms. The molecule has 7 nitrogen and oxygen atoms in total. The summed E-state index contributed by atoms with van der Waals surface area (Å²) in [5.74, 6) is 0.929. The molecule has 5 N–H and O–H groups in total. The van der Waals surface area contributed by atoms with Gasteiger partial charge in [-0.3, -0.25) is 0 Å². The lowest BCUT2D eigenvalue weighted by molar-refractivity contribution is 0.588. The van der Waals surface area contributed by atoms with Crippen LogP contribution in [0, 0.1) is 0 Å². The lowest BCUT2D eigenvalue weighted by atomic mass is 10.2. The third-order valence-electron chi connectivity index (χ3n) is 2.54. The van der Waals surface area contributed by atoms with Crippen LogP contribution in [0.4, 0.5) is 5.82 Å². The topological polar surface area (TPSA) is 128 Å². The Morgan fingerprint density at radius 2 is 2.11 bits per heavy atom. The van der Waals surface area contributed by atoms with Crippen molar-refractivity contribution in [2.24, 2.45) is 5.73 Å². The van der Waals surface area contributed by atoms with E-state index in [9.17, 15) is 8.42 Å². The first-order valence-electron chi connectivity index (χ1n) is 5.40. The average Bonchev–Trinajstić information content (AvgIpc) is 2.67. The highest BCUT2D eigenvalue weighted by atomic mass is 32.2. The summed E-state index contributed by atoms with van der Waals surface area (Å²) in [4.78, 5) is 11.3. The van der Waals surface area contributed by atoms with E-state index in [1.165, 1.54) is 6.26 Å². The molecule has 1 atom stereocenters. The van der Waals surface area contributed by atoms with E-state index in [1.54, 1.807) is 12.1 Å². The van der Waals surface area contributed by atoms with E-state index in [0.717, 1.165) is 5.52 Å². The van der Waals surface area contributed by atoms with Gasteiger partial charge in [-0.15, -0.1) is 0 Å². The quantitative estimate of drug-likeness (QED) is 0.715. The van der Waals surface area contributed by atoms with Crippen LogP contribution in [-0.4, -0.2) is 35.4 Å². The first kappa shape index (κ1) is 12.8. The highest BCUT2D eigenvalue weighted by Crippen LogP contribution is 2.16. The van der Waals surface area contributed by atoms with Crippen molar-refractivity contribution < 1.29 is 8.42 Å². The van der Waals surface area contributed by atoms with Crippen molar-refractivity contribution in [1.29, 1.82) is 0 Å². The van der Waals surface area contributed by atoms with Gasteiger partial charge in [-0.25, -0.2) is 18.4 Å². The standard InChI is InChI=1S/C10H15N5O2S/c1-18(16,17)5-4-6(11)9-13-7-2-3-8(12)14-10(7)15-9/h2-3,6H,4-5,11H2,1H3,(H3,12,13,14,15). The van der Waals surface area contributed by atoms with Crippen molar-refractivity contribution in [2.45, 2.75) is 12.5 Å². The summed E-state index contributed by atoms with van der Waals surface area (Å²) < 4.78 is 22.1. The molecule has 98 valence electrons. The van der Waals surface area contributed by atoms with Gasteiger partial charge in [-0.1, -0.05) is 0 Å². The molecular weight excluding hydrogens is 254 g/mol. The van der Waals surface area contributed by atoms with Gasteiger partial charge in [0.15, 0.2) is 5.65 Å². The van der Waals surface area contributed by atoms with E-state index in [4.69, 9.17) is 11.5 Å². The number of aromatic amines is 1. The minimum atomic E-state index is -3.02. The van der Waals surface area contributed by atoms with E-state index in [2.05, 4.69) is 15.0 Å². The number of rotatable bonds is 4.